The Balaban J connectivity index is 0.931. The second-order valence-corrected chi connectivity index (χ2v) is 21.9. The first-order valence-corrected chi connectivity index (χ1v) is 27.7. The molecule has 0 aliphatic heterocycles. The van der Waals surface area contributed by atoms with Gasteiger partial charge in [-0.2, -0.15) is 0 Å². The van der Waals surface area contributed by atoms with E-state index in [1.165, 1.54) is 114 Å². The van der Waals surface area contributed by atoms with E-state index >= 15 is 0 Å². The number of aromatic nitrogens is 3. The molecule has 362 valence electrons. The van der Waals surface area contributed by atoms with Gasteiger partial charge in [0.1, 0.15) is 0 Å². The predicted octanol–water partition coefficient (Wildman–Crippen LogP) is 19.6. The highest BCUT2D eigenvalue weighted by atomic mass is 32.1. The van der Waals surface area contributed by atoms with Crippen molar-refractivity contribution in [2.24, 2.45) is 0 Å². The Kier molecular flexibility index (Phi) is 9.21. The van der Waals surface area contributed by atoms with Crippen LogP contribution in [-0.4, -0.2) is 14.1 Å². The van der Waals surface area contributed by atoms with Crippen LogP contribution in [0.25, 0.3) is 130 Å². The maximum absolute atomic E-state index is 5.76. The van der Waals surface area contributed by atoms with Crippen LogP contribution in [0.3, 0.4) is 0 Å². The smallest absolute Gasteiger partial charge is 0.0789 e. The van der Waals surface area contributed by atoms with Crippen LogP contribution in [0.4, 0.5) is 0 Å². The van der Waals surface area contributed by atoms with Crippen molar-refractivity contribution in [2.45, 2.75) is 5.41 Å². The van der Waals surface area contributed by atoms with E-state index in [-0.39, 0.29) is 0 Å². The summed E-state index contributed by atoms with van der Waals surface area (Å²) < 4.78 is 7.45. The van der Waals surface area contributed by atoms with Crippen LogP contribution < -0.4 is 0 Å². The Morgan fingerprint density at radius 1 is 0.333 bits per heavy atom. The summed E-state index contributed by atoms with van der Waals surface area (Å²) in [5, 5.41) is 11.0. The Morgan fingerprint density at radius 2 is 0.859 bits per heavy atom. The van der Waals surface area contributed by atoms with E-state index in [0.29, 0.717) is 0 Å². The molecule has 12 aromatic carbocycles. The summed E-state index contributed by atoms with van der Waals surface area (Å²) in [6, 6.07) is 101. The van der Waals surface area contributed by atoms with Gasteiger partial charge in [0.25, 0.3) is 0 Å². The largest absolute Gasteiger partial charge is 0.309 e. The van der Waals surface area contributed by atoms with Crippen molar-refractivity contribution in [3.63, 3.8) is 0 Å². The molecule has 3 nitrogen and oxygen atoms in total. The van der Waals surface area contributed by atoms with Gasteiger partial charge in [0.15, 0.2) is 0 Å². The van der Waals surface area contributed by atoms with Crippen LogP contribution in [0.15, 0.2) is 273 Å². The van der Waals surface area contributed by atoms with Gasteiger partial charge in [-0.05, 0) is 117 Å². The van der Waals surface area contributed by atoms with Gasteiger partial charge in [0.2, 0.25) is 0 Å². The van der Waals surface area contributed by atoms with Gasteiger partial charge in [-0.25, -0.2) is 4.98 Å². The second kappa shape index (κ2) is 16.6. The summed E-state index contributed by atoms with van der Waals surface area (Å²) in [4.78, 5) is 5.76. The van der Waals surface area contributed by atoms with Crippen LogP contribution in [0.1, 0.15) is 22.3 Å². The van der Waals surface area contributed by atoms with Crippen LogP contribution in [0.5, 0.6) is 0 Å². The molecule has 0 unspecified atom stereocenters. The molecule has 1 aliphatic rings. The maximum Gasteiger partial charge on any atom is 0.0789 e. The van der Waals surface area contributed by atoms with Crippen molar-refractivity contribution in [3.8, 4) is 44.9 Å². The summed E-state index contributed by atoms with van der Waals surface area (Å²) in [5.74, 6) is 0. The van der Waals surface area contributed by atoms with E-state index in [2.05, 4.69) is 282 Å². The van der Waals surface area contributed by atoms with E-state index in [0.717, 1.165) is 38.9 Å². The number of benzene rings is 12. The maximum atomic E-state index is 5.76. The number of para-hydroxylation sites is 4. The van der Waals surface area contributed by atoms with Crippen molar-refractivity contribution in [1.29, 1.82) is 0 Å². The van der Waals surface area contributed by atoms with Gasteiger partial charge in [-0.3, -0.25) is 0 Å². The molecule has 0 spiro atoms. The highest BCUT2D eigenvalue weighted by molar-refractivity contribution is 7.26. The molecule has 17 rings (SSSR count). The minimum Gasteiger partial charge on any atom is -0.309 e. The molecule has 0 atom stereocenters. The van der Waals surface area contributed by atoms with Crippen LogP contribution in [0.2, 0.25) is 0 Å². The van der Waals surface area contributed by atoms with Gasteiger partial charge >= 0.3 is 0 Å². The standard InChI is InChI=1S/C74H45N3S/c1-4-20-49(21-5-1)74(50-22-6-2-7-23-50)61-31-15-10-26-52(61)53-39-36-48(44-62(53)74)72-60-45-68(73-71(57-30-14-19-35-69(57)78-73)70(60)56-29-11-16-32-63(56)75-72)77-65-34-18-13-28-55(65)59-43-47(38-41-67(59)77)46-37-40-66-58(42-46)54-27-12-17-33-64(54)76(66)51-24-8-3-9-25-51/h1-45H. The van der Waals surface area contributed by atoms with Crippen LogP contribution in [0, 0.1) is 0 Å². The SMILES string of the molecule is c1ccc(-n2c3ccccc3c3cc(-c4ccc5c(c4)c4ccccc4n5-c4cc5c(-c6ccc7c(c6)C(c6ccccc6)(c6ccccc6)c6ccccc6-7)nc6ccccc6c5c5c4sc4ccccc45)ccc32)cc1. The molecule has 0 amide bonds. The van der Waals surface area contributed by atoms with E-state index < -0.39 is 5.41 Å². The lowest BCUT2D eigenvalue weighted by molar-refractivity contribution is 0.769. The quantitative estimate of drug-likeness (QED) is 0.152. The van der Waals surface area contributed by atoms with Crippen LogP contribution in [-0.2, 0) is 5.41 Å². The molecule has 4 aromatic heterocycles. The Bertz CT molecular complexity index is 5100. The number of hydrogen-bond donors (Lipinski definition) is 0. The minimum atomic E-state index is -0.548. The Morgan fingerprint density at radius 3 is 1.56 bits per heavy atom. The third kappa shape index (κ3) is 6.01. The molecule has 0 bridgehead atoms. The lowest BCUT2D eigenvalue weighted by atomic mass is 9.67. The molecular formula is C74H45N3S. The van der Waals surface area contributed by atoms with Gasteiger partial charge in [0, 0.05) is 64.4 Å². The van der Waals surface area contributed by atoms with E-state index in [4.69, 9.17) is 4.98 Å². The normalized spacial score (nSPS) is 13.0. The molecule has 4 heteroatoms. The fourth-order valence-corrected chi connectivity index (χ4v) is 14.9. The first kappa shape index (κ1) is 43.4. The molecule has 0 saturated carbocycles. The molecule has 1 aliphatic carbocycles. The molecule has 0 fully saturated rings. The molecule has 16 aromatic rings. The van der Waals surface area contributed by atoms with Crippen molar-refractivity contribution < 1.29 is 0 Å². The number of fused-ring (bicyclic) bond motifs is 16. The lowest BCUT2D eigenvalue weighted by Crippen LogP contribution is -2.28. The molecule has 0 saturated heterocycles. The zero-order valence-electron chi connectivity index (χ0n) is 42.2. The first-order valence-electron chi connectivity index (χ1n) is 26.9. The Labute approximate surface area is 453 Å². The van der Waals surface area contributed by atoms with Crippen molar-refractivity contribution in [3.05, 3.63) is 295 Å². The first-order chi connectivity index (χ1) is 38.7. The molecule has 4 heterocycles. The lowest BCUT2D eigenvalue weighted by Gasteiger charge is -2.34. The molecular weight excluding hydrogens is 963 g/mol. The number of pyridine rings is 1. The number of rotatable bonds is 6. The number of thiophene rings is 1. The van der Waals surface area contributed by atoms with E-state index in [1.54, 1.807) is 0 Å². The summed E-state index contributed by atoms with van der Waals surface area (Å²) in [6.45, 7) is 0. The monoisotopic (exact) mass is 1010 g/mol. The van der Waals surface area contributed by atoms with Crippen LogP contribution >= 0.6 is 11.3 Å². The predicted molar refractivity (Wildman–Crippen MR) is 329 cm³/mol. The summed E-state index contributed by atoms with van der Waals surface area (Å²) in [7, 11) is 0. The average Bonchev–Trinajstić information content (AvgIpc) is 4.08. The van der Waals surface area contributed by atoms with E-state index in [9.17, 15) is 0 Å². The molecule has 0 N–H and O–H groups in total. The van der Waals surface area contributed by atoms with Crippen molar-refractivity contribution >= 4 is 96.8 Å². The van der Waals surface area contributed by atoms with Crippen molar-refractivity contribution in [1.82, 2.24) is 14.1 Å². The third-order valence-corrected chi connectivity index (χ3v) is 18.1. The zero-order chi connectivity index (χ0) is 51.1. The molecule has 78 heavy (non-hydrogen) atoms. The minimum absolute atomic E-state index is 0.548. The second-order valence-electron chi connectivity index (χ2n) is 20.9. The fraction of sp³-hybridized carbons (Fsp3) is 0.0135. The van der Waals surface area contributed by atoms with Gasteiger partial charge in [0.05, 0.1) is 49.1 Å². The highest BCUT2D eigenvalue weighted by Gasteiger charge is 2.46. The summed E-state index contributed by atoms with van der Waals surface area (Å²) >= 11 is 1.89. The topological polar surface area (TPSA) is 22.8 Å². The highest BCUT2D eigenvalue weighted by Crippen LogP contribution is 2.57. The van der Waals surface area contributed by atoms with Gasteiger partial charge in [-0.1, -0.05) is 200 Å². The van der Waals surface area contributed by atoms with Gasteiger partial charge in [-0.15, -0.1) is 11.3 Å². The fourth-order valence-electron chi connectivity index (χ4n) is 13.7. The summed E-state index contributed by atoms with van der Waals surface area (Å²) in [5.41, 5.74) is 19.5. The number of nitrogens with zero attached hydrogens (tertiary/aromatic N) is 3. The van der Waals surface area contributed by atoms with Gasteiger partial charge < -0.3 is 9.13 Å². The van der Waals surface area contributed by atoms with Crippen molar-refractivity contribution in [2.75, 3.05) is 0 Å². The number of hydrogen-bond acceptors (Lipinski definition) is 2. The average molecular weight is 1010 g/mol. The Hall–Kier alpha value is -9.87. The molecule has 0 radical (unpaired) electrons. The third-order valence-electron chi connectivity index (χ3n) is 17.0. The van der Waals surface area contributed by atoms with E-state index in [1.807, 2.05) is 11.3 Å². The summed E-state index contributed by atoms with van der Waals surface area (Å²) in [6.07, 6.45) is 0. The zero-order valence-corrected chi connectivity index (χ0v) is 43.0.